The van der Waals surface area contributed by atoms with Crippen molar-refractivity contribution in [3.63, 3.8) is 0 Å². The maximum Gasteiger partial charge on any atom is 0.238 e. The number of hydrogen-bond acceptors (Lipinski definition) is 8. The first-order chi connectivity index (χ1) is 16.8. The van der Waals surface area contributed by atoms with Crippen molar-refractivity contribution in [2.45, 2.75) is 12.6 Å². The summed E-state index contributed by atoms with van der Waals surface area (Å²) in [6.07, 6.45) is 0. The molecule has 0 bridgehead atoms. The van der Waals surface area contributed by atoms with E-state index in [0.717, 1.165) is 67.0 Å². The standard InChI is InChI=1S/C26H30N4O4/c1-31-26-23(10-9-22(30-26)21-3-2-4-24-25(21)34-14-13-33-24)29-19-7-5-18(6-8-19)15-27-16-20-17-32-12-11-28-20/h2-10,20,27-29H,11-17H2,1H3/t20-/m0/s1. The van der Waals surface area contributed by atoms with Crippen molar-refractivity contribution in [2.75, 3.05) is 51.9 Å². The van der Waals surface area contributed by atoms with Crippen molar-refractivity contribution >= 4 is 11.4 Å². The van der Waals surface area contributed by atoms with Crippen LogP contribution < -0.4 is 30.2 Å². The maximum atomic E-state index is 5.85. The molecule has 3 aromatic rings. The molecule has 8 nitrogen and oxygen atoms in total. The molecule has 2 aromatic carbocycles. The Labute approximate surface area is 199 Å². The van der Waals surface area contributed by atoms with E-state index in [4.69, 9.17) is 23.9 Å². The second-order valence-electron chi connectivity index (χ2n) is 8.26. The van der Waals surface area contributed by atoms with Gasteiger partial charge in [0.25, 0.3) is 0 Å². The Morgan fingerprint density at radius 3 is 2.74 bits per heavy atom. The van der Waals surface area contributed by atoms with Crippen LogP contribution in [0.3, 0.4) is 0 Å². The highest BCUT2D eigenvalue weighted by atomic mass is 16.6. The molecule has 3 heterocycles. The number of para-hydroxylation sites is 1. The van der Waals surface area contributed by atoms with Gasteiger partial charge in [-0.15, -0.1) is 0 Å². The minimum Gasteiger partial charge on any atom is -0.486 e. The van der Waals surface area contributed by atoms with Crippen LogP contribution in [0.2, 0.25) is 0 Å². The first kappa shape index (κ1) is 22.5. The number of fused-ring (bicyclic) bond motifs is 1. The number of ether oxygens (including phenoxy) is 4. The molecule has 2 aliphatic heterocycles. The van der Waals surface area contributed by atoms with Crippen molar-refractivity contribution in [2.24, 2.45) is 0 Å². The van der Waals surface area contributed by atoms with Crippen molar-refractivity contribution in [1.29, 1.82) is 0 Å². The highest BCUT2D eigenvalue weighted by Gasteiger charge is 2.19. The van der Waals surface area contributed by atoms with Crippen LogP contribution in [-0.2, 0) is 11.3 Å². The number of rotatable bonds is 8. The summed E-state index contributed by atoms with van der Waals surface area (Å²) in [5.74, 6) is 1.98. The number of anilines is 2. The summed E-state index contributed by atoms with van der Waals surface area (Å²) in [5, 5.41) is 10.4. The predicted molar refractivity (Wildman–Crippen MR) is 131 cm³/mol. The minimum atomic E-state index is 0.373. The molecule has 0 spiro atoms. The number of pyridine rings is 1. The van der Waals surface area contributed by atoms with Gasteiger partial charge >= 0.3 is 0 Å². The number of nitrogens with one attached hydrogen (secondary N) is 3. The molecule has 34 heavy (non-hydrogen) atoms. The fourth-order valence-corrected chi connectivity index (χ4v) is 4.12. The first-order valence-electron chi connectivity index (χ1n) is 11.6. The van der Waals surface area contributed by atoms with Crippen LogP contribution in [0.15, 0.2) is 54.6 Å². The average Bonchev–Trinajstić information content (AvgIpc) is 2.90. The van der Waals surface area contributed by atoms with Crippen LogP contribution in [0, 0.1) is 0 Å². The number of morpholine rings is 1. The van der Waals surface area contributed by atoms with E-state index >= 15 is 0 Å². The molecule has 0 aliphatic carbocycles. The van der Waals surface area contributed by atoms with E-state index in [1.165, 1.54) is 5.56 Å². The van der Waals surface area contributed by atoms with Gasteiger partial charge in [0.05, 0.1) is 26.0 Å². The van der Waals surface area contributed by atoms with Gasteiger partial charge in [0, 0.05) is 36.9 Å². The fourth-order valence-electron chi connectivity index (χ4n) is 4.12. The Balaban J connectivity index is 1.24. The SMILES string of the molecule is COc1nc(-c2cccc3c2OCCO3)ccc1Nc1ccc(CNC[C@H]2COCCN2)cc1. The van der Waals surface area contributed by atoms with Crippen LogP contribution in [0.4, 0.5) is 11.4 Å². The van der Waals surface area contributed by atoms with Crippen LogP contribution in [0.25, 0.3) is 11.3 Å². The summed E-state index contributed by atoms with van der Waals surface area (Å²) in [7, 11) is 1.62. The molecule has 1 aromatic heterocycles. The summed E-state index contributed by atoms with van der Waals surface area (Å²) in [6, 6.07) is 18.5. The van der Waals surface area contributed by atoms with Gasteiger partial charge in [-0.2, -0.15) is 0 Å². The molecule has 3 N–H and O–H groups in total. The Morgan fingerprint density at radius 1 is 1.03 bits per heavy atom. The number of nitrogens with zero attached hydrogens (tertiary/aromatic N) is 1. The fraction of sp³-hybridized carbons (Fsp3) is 0.346. The molecule has 8 heteroatoms. The third-order valence-corrected chi connectivity index (χ3v) is 5.85. The zero-order chi connectivity index (χ0) is 23.2. The molecular weight excluding hydrogens is 432 g/mol. The van der Waals surface area contributed by atoms with Crippen LogP contribution in [0.5, 0.6) is 17.4 Å². The average molecular weight is 463 g/mol. The molecule has 1 saturated heterocycles. The Hall–Kier alpha value is -3.33. The lowest BCUT2D eigenvalue weighted by atomic mass is 10.1. The third kappa shape index (κ3) is 5.25. The summed E-state index contributed by atoms with van der Waals surface area (Å²) < 4.78 is 22.6. The molecule has 0 amide bonds. The monoisotopic (exact) mass is 462 g/mol. The van der Waals surface area contributed by atoms with Crippen molar-refractivity contribution in [3.05, 3.63) is 60.2 Å². The normalized spacial score (nSPS) is 17.3. The lowest BCUT2D eigenvalue weighted by Crippen LogP contribution is -2.47. The zero-order valence-electron chi connectivity index (χ0n) is 19.3. The van der Waals surface area contributed by atoms with E-state index in [1.54, 1.807) is 7.11 Å². The molecule has 0 radical (unpaired) electrons. The zero-order valence-corrected chi connectivity index (χ0v) is 19.3. The van der Waals surface area contributed by atoms with E-state index in [-0.39, 0.29) is 0 Å². The van der Waals surface area contributed by atoms with Crippen LogP contribution in [-0.4, -0.2) is 57.7 Å². The van der Waals surface area contributed by atoms with E-state index in [2.05, 4.69) is 40.2 Å². The highest BCUT2D eigenvalue weighted by Crippen LogP contribution is 2.40. The van der Waals surface area contributed by atoms with Gasteiger partial charge in [-0.25, -0.2) is 4.98 Å². The van der Waals surface area contributed by atoms with E-state index in [1.807, 2.05) is 30.3 Å². The number of hydrogen-bond donors (Lipinski definition) is 3. The van der Waals surface area contributed by atoms with Gasteiger partial charge in [0.15, 0.2) is 11.5 Å². The quantitative estimate of drug-likeness (QED) is 0.470. The Morgan fingerprint density at radius 2 is 1.91 bits per heavy atom. The van der Waals surface area contributed by atoms with Crippen molar-refractivity contribution in [1.82, 2.24) is 15.6 Å². The Kier molecular flexibility index (Phi) is 7.09. The Bertz CT molecular complexity index is 1100. The van der Waals surface area contributed by atoms with Gasteiger partial charge in [-0.3, -0.25) is 0 Å². The van der Waals surface area contributed by atoms with Crippen LogP contribution in [0.1, 0.15) is 5.56 Å². The van der Waals surface area contributed by atoms with Gasteiger partial charge in [-0.1, -0.05) is 18.2 Å². The smallest absolute Gasteiger partial charge is 0.238 e. The predicted octanol–water partition coefficient (Wildman–Crippen LogP) is 3.35. The van der Waals surface area contributed by atoms with Gasteiger partial charge in [0.2, 0.25) is 5.88 Å². The molecule has 5 rings (SSSR count). The first-order valence-corrected chi connectivity index (χ1v) is 11.6. The molecular formula is C26H30N4O4. The largest absolute Gasteiger partial charge is 0.486 e. The summed E-state index contributed by atoms with van der Waals surface area (Å²) in [6.45, 7) is 5.25. The molecule has 0 saturated carbocycles. The topological polar surface area (TPSA) is 85.9 Å². The lowest BCUT2D eigenvalue weighted by molar-refractivity contribution is 0.0766. The summed E-state index contributed by atoms with van der Waals surface area (Å²) >= 11 is 0. The molecule has 0 unspecified atom stereocenters. The molecule has 2 aliphatic rings. The van der Waals surface area contributed by atoms with Gasteiger partial charge in [0.1, 0.15) is 18.9 Å². The van der Waals surface area contributed by atoms with Crippen LogP contribution >= 0.6 is 0 Å². The highest BCUT2D eigenvalue weighted by molar-refractivity contribution is 5.74. The second-order valence-corrected chi connectivity index (χ2v) is 8.26. The van der Waals surface area contributed by atoms with Gasteiger partial charge < -0.3 is 34.9 Å². The molecule has 1 atom stereocenters. The molecule has 1 fully saturated rings. The lowest BCUT2D eigenvalue weighted by Gasteiger charge is -2.24. The van der Waals surface area contributed by atoms with Crippen molar-refractivity contribution < 1.29 is 18.9 Å². The second kappa shape index (κ2) is 10.7. The number of benzene rings is 2. The van der Waals surface area contributed by atoms with E-state index < -0.39 is 0 Å². The minimum absolute atomic E-state index is 0.373. The number of aromatic nitrogens is 1. The van der Waals surface area contributed by atoms with E-state index in [0.29, 0.717) is 25.1 Å². The summed E-state index contributed by atoms with van der Waals surface area (Å²) in [5.41, 5.74) is 4.63. The van der Waals surface area contributed by atoms with Crippen molar-refractivity contribution in [3.8, 4) is 28.6 Å². The van der Waals surface area contributed by atoms with Gasteiger partial charge in [-0.05, 0) is 42.0 Å². The van der Waals surface area contributed by atoms with E-state index in [9.17, 15) is 0 Å². The maximum absolute atomic E-state index is 5.85. The summed E-state index contributed by atoms with van der Waals surface area (Å²) in [4.78, 5) is 4.72. The molecule has 178 valence electrons. The number of methoxy groups -OCH3 is 1. The third-order valence-electron chi connectivity index (χ3n) is 5.85.